The molecular weight excluding hydrogens is 288 g/mol. The molecule has 1 saturated heterocycles. The number of rotatable bonds is 4. The van der Waals surface area contributed by atoms with Gasteiger partial charge in [0.05, 0.1) is 0 Å². The Labute approximate surface area is 119 Å². The van der Waals surface area contributed by atoms with Crippen molar-refractivity contribution in [2.75, 3.05) is 18.4 Å². The highest BCUT2D eigenvalue weighted by Gasteiger charge is 2.21. The molecule has 0 amide bonds. The lowest BCUT2D eigenvalue weighted by Crippen LogP contribution is -2.43. The van der Waals surface area contributed by atoms with E-state index >= 15 is 0 Å². The van der Waals surface area contributed by atoms with Gasteiger partial charge in [-0.05, 0) is 50.5 Å². The standard InChI is InChI=1S/C15H23BrN2/c1-3-12(2)18-10-8-15(9-11-18)17-14-6-4-13(16)5-7-14/h4-7,12,15,17H,3,8-11H2,1-2H3. The maximum absolute atomic E-state index is 3.64. The number of likely N-dealkylation sites (tertiary alicyclic amines) is 1. The van der Waals surface area contributed by atoms with Gasteiger partial charge in [-0.2, -0.15) is 0 Å². The Kier molecular flexibility index (Phi) is 5.07. The SMILES string of the molecule is CCC(C)N1CCC(Nc2ccc(Br)cc2)CC1. The molecule has 1 aliphatic rings. The van der Waals surface area contributed by atoms with Gasteiger partial charge in [0.25, 0.3) is 0 Å². The monoisotopic (exact) mass is 310 g/mol. The van der Waals surface area contributed by atoms with Gasteiger partial charge in [-0.1, -0.05) is 22.9 Å². The average molecular weight is 311 g/mol. The average Bonchev–Trinajstić information content (AvgIpc) is 2.41. The zero-order valence-electron chi connectivity index (χ0n) is 11.3. The van der Waals surface area contributed by atoms with Crippen molar-refractivity contribution in [1.29, 1.82) is 0 Å². The highest BCUT2D eigenvalue weighted by molar-refractivity contribution is 9.10. The van der Waals surface area contributed by atoms with Crippen molar-refractivity contribution in [3.05, 3.63) is 28.7 Å². The van der Waals surface area contributed by atoms with E-state index in [-0.39, 0.29) is 0 Å². The lowest BCUT2D eigenvalue weighted by molar-refractivity contribution is 0.163. The molecule has 1 fully saturated rings. The summed E-state index contributed by atoms with van der Waals surface area (Å²) >= 11 is 3.47. The van der Waals surface area contributed by atoms with Crippen molar-refractivity contribution >= 4 is 21.6 Å². The number of nitrogens with zero attached hydrogens (tertiary/aromatic N) is 1. The van der Waals surface area contributed by atoms with Gasteiger partial charge in [0.15, 0.2) is 0 Å². The minimum Gasteiger partial charge on any atom is -0.382 e. The smallest absolute Gasteiger partial charge is 0.0343 e. The number of nitrogens with one attached hydrogen (secondary N) is 1. The molecule has 1 heterocycles. The Morgan fingerprint density at radius 3 is 2.44 bits per heavy atom. The number of benzene rings is 1. The summed E-state index contributed by atoms with van der Waals surface area (Å²) in [6.07, 6.45) is 3.76. The summed E-state index contributed by atoms with van der Waals surface area (Å²) in [5.74, 6) is 0. The summed E-state index contributed by atoms with van der Waals surface area (Å²) in [7, 11) is 0. The van der Waals surface area contributed by atoms with Crippen LogP contribution >= 0.6 is 15.9 Å². The van der Waals surface area contributed by atoms with Crippen LogP contribution < -0.4 is 5.32 Å². The third kappa shape index (κ3) is 3.72. The van der Waals surface area contributed by atoms with Crippen LogP contribution in [0.5, 0.6) is 0 Å². The van der Waals surface area contributed by atoms with Crippen LogP contribution in [0.2, 0.25) is 0 Å². The molecule has 100 valence electrons. The summed E-state index contributed by atoms with van der Waals surface area (Å²) in [6.45, 7) is 7.06. The first kappa shape index (κ1) is 13.9. The number of hydrogen-bond acceptors (Lipinski definition) is 2. The second kappa shape index (κ2) is 6.58. The Bertz CT molecular complexity index is 355. The van der Waals surface area contributed by atoms with E-state index in [0.717, 1.165) is 10.5 Å². The summed E-state index contributed by atoms with van der Waals surface area (Å²) in [4.78, 5) is 2.61. The van der Waals surface area contributed by atoms with Crippen molar-refractivity contribution < 1.29 is 0 Å². The molecule has 0 bridgehead atoms. The van der Waals surface area contributed by atoms with E-state index in [1.54, 1.807) is 0 Å². The topological polar surface area (TPSA) is 15.3 Å². The molecular formula is C15H23BrN2. The first-order chi connectivity index (χ1) is 8.69. The highest BCUT2D eigenvalue weighted by atomic mass is 79.9. The van der Waals surface area contributed by atoms with Crippen molar-refractivity contribution in [2.45, 2.75) is 45.2 Å². The number of halogens is 1. The lowest BCUT2D eigenvalue weighted by Gasteiger charge is -2.36. The van der Waals surface area contributed by atoms with Crippen molar-refractivity contribution in [2.24, 2.45) is 0 Å². The van der Waals surface area contributed by atoms with E-state index in [9.17, 15) is 0 Å². The molecule has 1 aromatic carbocycles. The van der Waals surface area contributed by atoms with Crippen LogP contribution in [0.3, 0.4) is 0 Å². The van der Waals surface area contributed by atoms with Crippen molar-refractivity contribution in [3.8, 4) is 0 Å². The van der Waals surface area contributed by atoms with Crippen molar-refractivity contribution in [3.63, 3.8) is 0 Å². The lowest BCUT2D eigenvalue weighted by atomic mass is 10.0. The largest absolute Gasteiger partial charge is 0.382 e. The van der Waals surface area contributed by atoms with Gasteiger partial charge < -0.3 is 10.2 Å². The molecule has 18 heavy (non-hydrogen) atoms. The molecule has 1 unspecified atom stereocenters. The van der Waals surface area contributed by atoms with Gasteiger partial charge in [0.1, 0.15) is 0 Å². The van der Waals surface area contributed by atoms with Gasteiger partial charge >= 0.3 is 0 Å². The van der Waals surface area contributed by atoms with E-state index < -0.39 is 0 Å². The number of anilines is 1. The van der Waals surface area contributed by atoms with E-state index in [0.29, 0.717) is 6.04 Å². The summed E-state index contributed by atoms with van der Waals surface area (Å²) in [5, 5.41) is 3.64. The van der Waals surface area contributed by atoms with Crippen LogP contribution in [0.15, 0.2) is 28.7 Å². The fourth-order valence-corrected chi connectivity index (χ4v) is 2.79. The Morgan fingerprint density at radius 2 is 1.89 bits per heavy atom. The second-order valence-corrected chi connectivity index (χ2v) is 6.13. The van der Waals surface area contributed by atoms with Gasteiger partial charge in [-0.15, -0.1) is 0 Å². The van der Waals surface area contributed by atoms with E-state index in [1.807, 2.05) is 0 Å². The van der Waals surface area contributed by atoms with Crippen molar-refractivity contribution in [1.82, 2.24) is 4.90 Å². The molecule has 0 saturated carbocycles. The molecule has 1 N–H and O–H groups in total. The molecule has 1 atom stereocenters. The van der Waals surface area contributed by atoms with E-state index in [2.05, 4.69) is 64.3 Å². The third-order valence-corrected chi connectivity index (χ3v) is 4.49. The highest BCUT2D eigenvalue weighted by Crippen LogP contribution is 2.20. The normalized spacial score (nSPS) is 19.7. The summed E-state index contributed by atoms with van der Waals surface area (Å²) < 4.78 is 1.14. The minimum atomic E-state index is 0.631. The summed E-state index contributed by atoms with van der Waals surface area (Å²) in [6, 6.07) is 9.84. The van der Waals surface area contributed by atoms with Gasteiger partial charge in [-0.3, -0.25) is 0 Å². The van der Waals surface area contributed by atoms with E-state index in [1.165, 1.54) is 38.0 Å². The zero-order valence-corrected chi connectivity index (χ0v) is 12.9. The molecule has 0 aromatic heterocycles. The number of hydrogen-bond donors (Lipinski definition) is 1. The summed E-state index contributed by atoms with van der Waals surface area (Å²) in [5.41, 5.74) is 1.24. The molecule has 0 radical (unpaired) electrons. The number of piperidine rings is 1. The molecule has 2 nitrogen and oxygen atoms in total. The first-order valence-corrected chi connectivity index (χ1v) is 7.74. The van der Waals surface area contributed by atoms with Crippen LogP contribution in [0.25, 0.3) is 0 Å². The first-order valence-electron chi connectivity index (χ1n) is 6.95. The molecule has 0 spiro atoms. The quantitative estimate of drug-likeness (QED) is 0.899. The Morgan fingerprint density at radius 1 is 1.28 bits per heavy atom. The van der Waals surface area contributed by atoms with Gasteiger partial charge in [0, 0.05) is 35.3 Å². The van der Waals surface area contributed by atoms with Crippen LogP contribution in [0.4, 0.5) is 5.69 Å². The minimum absolute atomic E-state index is 0.631. The van der Waals surface area contributed by atoms with Crippen LogP contribution in [-0.4, -0.2) is 30.1 Å². The molecule has 1 aromatic rings. The predicted molar refractivity (Wildman–Crippen MR) is 82.1 cm³/mol. The van der Waals surface area contributed by atoms with E-state index in [4.69, 9.17) is 0 Å². The third-order valence-electron chi connectivity index (χ3n) is 3.96. The second-order valence-electron chi connectivity index (χ2n) is 5.22. The fraction of sp³-hybridized carbons (Fsp3) is 0.600. The molecule has 1 aliphatic heterocycles. The predicted octanol–water partition coefficient (Wildman–Crippen LogP) is 4.12. The Balaban J connectivity index is 1.81. The molecule has 3 heteroatoms. The van der Waals surface area contributed by atoms with Crippen LogP contribution in [0.1, 0.15) is 33.1 Å². The van der Waals surface area contributed by atoms with Gasteiger partial charge in [0.2, 0.25) is 0 Å². The van der Waals surface area contributed by atoms with Crippen LogP contribution in [-0.2, 0) is 0 Å². The maximum Gasteiger partial charge on any atom is 0.0343 e. The maximum atomic E-state index is 3.64. The molecule has 0 aliphatic carbocycles. The Hall–Kier alpha value is -0.540. The van der Waals surface area contributed by atoms with Crippen LogP contribution in [0, 0.1) is 0 Å². The van der Waals surface area contributed by atoms with Gasteiger partial charge in [-0.25, -0.2) is 0 Å². The fourth-order valence-electron chi connectivity index (χ4n) is 2.52. The molecule has 2 rings (SSSR count). The zero-order chi connectivity index (χ0) is 13.0.